The second-order valence-corrected chi connectivity index (χ2v) is 9.88. The second-order valence-electron chi connectivity index (χ2n) is 9.47. The Bertz CT molecular complexity index is 1250. The average Bonchev–Trinajstić information content (AvgIpc) is 3.46. The van der Waals surface area contributed by atoms with Crippen LogP contribution >= 0.6 is 11.6 Å². The third kappa shape index (κ3) is 6.81. The van der Waals surface area contributed by atoms with Crippen LogP contribution in [0.15, 0.2) is 54.9 Å². The molecule has 0 aliphatic carbocycles. The van der Waals surface area contributed by atoms with Crippen LogP contribution < -0.4 is 14.4 Å². The first-order valence-corrected chi connectivity index (χ1v) is 13.6. The number of anilines is 2. The summed E-state index contributed by atoms with van der Waals surface area (Å²) in [5, 5.41) is 0.461. The Hall–Kier alpha value is -3.20. The molecule has 200 valence electrons. The molecule has 2 aliphatic rings. The van der Waals surface area contributed by atoms with Crippen molar-refractivity contribution in [1.29, 1.82) is 0 Å². The Balaban J connectivity index is 1.39. The van der Waals surface area contributed by atoms with Crippen molar-refractivity contribution in [3.63, 3.8) is 0 Å². The van der Waals surface area contributed by atoms with Gasteiger partial charge in [-0.2, -0.15) is 0 Å². The number of pyridine rings is 1. The van der Waals surface area contributed by atoms with Gasteiger partial charge in [0.15, 0.2) is 0 Å². The van der Waals surface area contributed by atoms with E-state index in [2.05, 4.69) is 27.0 Å². The van der Waals surface area contributed by atoms with Gasteiger partial charge in [0, 0.05) is 42.7 Å². The number of halogens is 1. The van der Waals surface area contributed by atoms with E-state index >= 15 is 0 Å². The molecule has 0 spiro atoms. The van der Waals surface area contributed by atoms with Gasteiger partial charge in [-0.25, -0.2) is 15.0 Å². The first-order chi connectivity index (χ1) is 18.7. The Morgan fingerprint density at radius 2 is 1.97 bits per heavy atom. The molecule has 2 aromatic heterocycles. The fourth-order valence-corrected chi connectivity index (χ4v) is 4.83. The van der Waals surface area contributed by atoms with Gasteiger partial charge in [0.25, 0.3) is 0 Å². The first-order valence-electron chi connectivity index (χ1n) is 13.2. The third-order valence-electron chi connectivity index (χ3n) is 6.72. The molecular weight excluding hydrogens is 502 g/mol. The number of nitrogens with zero attached hydrogens (tertiary/aromatic N) is 5. The molecule has 9 heteroatoms. The van der Waals surface area contributed by atoms with Crippen molar-refractivity contribution in [3.8, 4) is 22.9 Å². The van der Waals surface area contributed by atoms with E-state index in [4.69, 9.17) is 30.8 Å². The molecule has 0 atom stereocenters. The smallest absolute Gasteiger partial charge is 0.230 e. The first kappa shape index (κ1) is 26.4. The minimum atomic E-state index is 0.436. The largest absolute Gasteiger partial charge is 0.493 e. The van der Waals surface area contributed by atoms with E-state index in [1.807, 2.05) is 42.3 Å². The van der Waals surface area contributed by atoms with Crippen molar-refractivity contribution < 1.29 is 14.2 Å². The van der Waals surface area contributed by atoms with Crippen LogP contribution in [-0.2, 0) is 11.3 Å². The lowest BCUT2D eigenvalue weighted by atomic mass is 10.1. The van der Waals surface area contributed by atoms with E-state index in [0.29, 0.717) is 49.0 Å². The van der Waals surface area contributed by atoms with Gasteiger partial charge >= 0.3 is 0 Å². The SMILES string of the molecule is CN1c2ccc(OCCCN3CCCC3)c(c2)COC/C=C/CCOc2cc(ccn2)-c2nc1ncc2Cl. The quantitative estimate of drug-likeness (QED) is 0.305. The van der Waals surface area contributed by atoms with E-state index in [1.165, 1.54) is 25.9 Å². The summed E-state index contributed by atoms with van der Waals surface area (Å²) in [5.41, 5.74) is 3.36. The summed E-state index contributed by atoms with van der Waals surface area (Å²) in [6, 6.07) is 9.83. The van der Waals surface area contributed by atoms with Gasteiger partial charge in [0.1, 0.15) is 5.75 Å². The summed E-state index contributed by atoms with van der Waals surface area (Å²) >= 11 is 6.51. The molecule has 4 heterocycles. The van der Waals surface area contributed by atoms with E-state index in [0.717, 1.165) is 42.0 Å². The van der Waals surface area contributed by atoms with Gasteiger partial charge in [-0.15, -0.1) is 0 Å². The number of fused-ring (bicyclic) bond motifs is 7. The molecule has 6 bridgehead atoms. The standard InChI is InChI=1S/C29H34ClN5O3/c1-34-24-8-9-26(37-17-7-14-35-12-3-4-13-35)23(18-24)21-36-15-5-2-6-16-38-27-19-22(10-11-31-27)28-25(30)20-32-29(34)33-28/h2,5,8-11,18-20H,3-4,6-7,12-17,21H2,1H3/b5-2+. The summed E-state index contributed by atoms with van der Waals surface area (Å²) in [7, 11) is 1.94. The van der Waals surface area contributed by atoms with Gasteiger partial charge in [0.2, 0.25) is 11.8 Å². The van der Waals surface area contributed by atoms with Crippen molar-refractivity contribution in [2.24, 2.45) is 0 Å². The zero-order chi connectivity index (χ0) is 26.2. The van der Waals surface area contributed by atoms with E-state index < -0.39 is 0 Å². The van der Waals surface area contributed by atoms with Gasteiger partial charge in [-0.1, -0.05) is 23.8 Å². The Labute approximate surface area is 229 Å². The highest BCUT2D eigenvalue weighted by molar-refractivity contribution is 6.32. The van der Waals surface area contributed by atoms with E-state index in [9.17, 15) is 0 Å². The molecule has 0 unspecified atom stereocenters. The molecular formula is C29H34ClN5O3. The number of hydrogen-bond acceptors (Lipinski definition) is 8. The molecule has 38 heavy (non-hydrogen) atoms. The van der Waals surface area contributed by atoms with E-state index in [1.54, 1.807) is 12.4 Å². The predicted molar refractivity (Wildman–Crippen MR) is 149 cm³/mol. The number of rotatable bonds is 5. The molecule has 0 amide bonds. The lowest BCUT2D eigenvalue weighted by Gasteiger charge is -2.21. The summed E-state index contributed by atoms with van der Waals surface area (Å²) in [5.74, 6) is 1.90. The molecule has 0 radical (unpaired) electrons. The number of aromatic nitrogens is 3. The van der Waals surface area contributed by atoms with Gasteiger partial charge < -0.3 is 24.0 Å². The van der Waals surface area contributed by atoms with Crippen molar-refractivity contribution in [2.45, 2.75) is 32.3 Å². The molecule has 0 N–H and O–H groups in total. The van der Waals surface area contributed by atoms with Crippen LogP contribution in [0.2, 0.25) is 5.02 Å². The molecule has 1 saturated heterocycles. The molecule has 3 aromatic rings. The highest BCUT2D eigenvalue weighted by Gasteiger charge is 2.16. The topological polar surface area (TPSA) is 72.8 Å². The zero-order valence-corrected chi connectivity index (χ0v) is 22.6. The lowest BCUT2D eigenvalue weighted by Crippen LogP contribution is -2.22. The molecule has 1 fully saturated rings. The van der Waals surface area contributed by atoms with Crippen molar-refractivity contribution in [3.05, 3.63) is 65.5 Å². The maximum absolute atomic E-state index is 6.51. The maximum atomic E-state index is 6.51. The normalized spacial score (nSPS) is 17.4. The molecule has 2 aliphatic heterocycles. The molecule has 5 rings (SSSR count). The van der Waals surface area contributed by atoms with Gasteiger partial charge in [-0.3, -0.25) is 0 Å². The maximum Gasteiger partial charge on any atom is 0.230 e. The van der Waals surface area contributed by atoms with Crippen LogP contribution in [0.5, 0.6) is 11.6 Å². The molecule has 1 aromatic carbocycles. The Morgan fingerprint density at radius 3 is 2.87 bits per heavy atom. The van der Waals surface area contributed by atoms with Gasteiger partial charge in [-0.05, 0) is 63.0 Å². The highest BCUT2D eigenvalue weighted by atomic mass is 35.5. The minimum absolute atomic E-state index is 0.436. The van der Waals surface area contributed by atoms with Crippen molar-refractivity contribution in [2.75, 3.05) is 51.4 Å². The summed E-state index contributed by atoms with van der Waals surface area (Å²) in [6.45, 7) is 5.62. The predicted octanol–water partition coefficient (Wildman–Crippen LogP) is 5.68. The third-order valence-corrected chi connectivity index (χ3v) is 7.00. The average molecular weight is 536 g/mol. The van der Waals surface area contributed by atoms with Crippen molar-refractivity contribution >= 4 is 23.2 Å². The molecule has 0 saturated carbocycles. The number of ether oxygens (including phenoxy) is 3. The summed E-state index contributed by atoms with van der Waals surface area (Å²) in [6.07, 6.45) is 11.8. The van der Waals surface area contributed by atoms with Crippen LogP contribution in [0.3, 0.4) is 0 Å². The number of benzene rings is 1. The van der Waals surface area contributed by atoms with Crippen LogP contribution in [0, 0.1) is 0 Å². The molecule has 8 nitrogen and oxygen atoms in total. The van der Waals surface area contributed by atoms with E-state index in [-0.39, 0.29) is 0 Å². The fraction of sp³-hybridized carbons (Fsp3) is 0.414. The summed E-state index contributed by atoms with van der Waals surface area (Å²) in [4.78, 5) is 18.0. The number of hydrogen-bond donors (Lipinski definition) is 0. The number of likely N-dealkylation sites (tertiary alicyclic amines) is 1. The van der Waals surface area contributed by atoms with Crippen molar-refractivity contribution in [1.82, 2.24) is 19.9 Å². The summed E-state index contributed by atoms with van der Waals surface area (Å²) < 4.78 is 18.0. The van der Waals surface area contributed by atoms with Crippen LogP contribution in [0.25, 0.3) is 11.3 Å². The van der Waals surface area contributed by atoms with Crippen LogP contribution in [0.4, 0.5) is 11.6 Å². The zero-order valence-electron chi connectivity index (χ0n) is 21.8. The lowest BCUT2D eigenvalue weighted by molar-refractivity contribution is 0.144. The monoisotopic (exact) mass is 535 g/mol. The second kappa shape index (κ2) is 13.0. The van der Waals surface area contributed by atoms with Crippen LogP contribution in [-0.4, -0.2) is 66.4 Å². The Morgan fingerprint density at radius 1 is 1.08 bits per heavy atom. The Kier molecular flexibility index (Phi) is 9.06. The van der Waals surface area contributed by atoms with Gasteiger partial charge in [0.05, 0.1) is 43.3 Å². The fourth-order valence-electron chi connectivity index (χ4n) is 4.63. The minimum Gasteiger partial charge on any atom is -0.493 e. The highest BCUT2D eigenvalue weighted by Crippen LogP contribution is 2.32. The van der Waals surface area contributed by atoms with Crippen LogP contribution in [0.1, 0.15) is 31.2 Å².